The number of H-pyrrole nitrogens is 1. The van der Waals surface area contributed by atoms with Crippen molar-refractivity contribution in [1.82, 2.24) is 4.98 Å². The lowest BCUT2D eigenvalue weighted by atomic mass is 10.3. The van der Waals surface area contributed by atoms with E-state index in [1.54, 1.807) is 0 Å². The molecule has 0 aliphatic carbocycles. The summed E-state index contributed by atoms with van der Waals surface area (Å²) in [5.74, 6) is -2.67. The molecule has 3 N–H and O–H groups in total. The Bertz CT molecular complexity index is 451. The second-order valence-corrected chi connectivity index (χ2v) is 3.39. The summed E-state index contributed by atoms with van der Waals surface area (Å²) in [5.41, 5.74) is -0.105. The molecule has 8 heteroatoms. The molecule has 1 aromatic heterocycles. The normalized spacial score (nSPS) is 11.3. The van der Waals surface area contributed by atoms with E-state index >= 15 is 0 Å². The van der Waals surface area contributed by atoms with Crippen LogP contribution in [0.4, 0.5) is 18.9 Å². The van der Waals surface area contributed by atoms with E-state index in [1.165, 1.54) is 13.0 Å². The Morgan fingerprint density at radius 2 is 2.06 bits per heavy atom. The van der Waals surface area contributed by atoms with Gasteiger partial charge >= 0.3 is 12.1 Å². The molecule has 0 radical (unpaired) electrons. The number of carbonyl (C=O) groups is 2. The molecule has 0 spiro atoms. The van der Waals surface area contributed by atoms with Crippen molar-refractivity contribution < 1.29 is 27.9 Å². The molecule has 0 aliphatic heterocycles. The molecule has 0 saturated heterocycles. The number of carboxylic acids is 1. The molecule has 94 valence electrons. The van der Waals surface area contributed by atoms with Crippen LogP contribution in [0.2, 0.25) is 0 Å². The minimum Gasteiger partial charge on any atom is -0.477 e. The predicted octanol–water partition coefficient (Wildman–Crippen LogP) is 1.91. The van der Waals surface area contributed by atoms with Crippen molar-refractivity contribution in [3.8, 4) is 0 Å². The highest BCUT2D eigenvalue weighted by atomic mass is 19.4. The van der Waals surface area contributed by atoms with Crippen LogP contribution in [0.5, 0.6) is 0 Å². The fraction of sp³-hybridized carbons (Fsp3) is 0.333. The number of hydrogen-bond donors (Lipinski definition) is 3. The third kappa shape index (κ3) is 3.82. The van der Waals surface area contributed by atoms with Crippen molar-refractivity contribution in [1.29, 1.82) is 0 Å². The third-order valence-corrected chi connectivity index (χ3v) is 1.80. The van der Waals surface area contributed by atoms with Gasteiger partial charge in [0.1, 0.15) is 12.1 Å². The minimum atomic E-state index is -4.63. The second-order valence-electron chi connectivity index (χ2n) is 3.39. The van der Waals surface area contributed by atoms with Crippen molar-refractivity contribution in [2.45, 2.75) is 19.5 Å². The largest absolute Gasteiger partial charge is 0.477 e. The second kappa shape index (κ2) is 4.48. The molecular formula is C9H9F3N2O3. The summed E-state index contributed by atoms with van der Waals surface area (Å²) in [6.45, 7) is 1.52. The zero-order valence-electron chi connectivity index (χ0n) is 8.68. The minimum absolute atomic E-state index is 0.177. The number of aromatic carboxylic acids is 1. The average Bonchev–Trinajstić information content (AvgIpc) is 2.42. The van der Waals surface area contributed by atoms with Gasteiger partial charge in [-0.3, -0.25) is 4.79 Å². The quantitative estimate of drug-likeness (QED) is 0.766. The molecule has 0 atom stereocenters. The Kier molecular flexibility index (Phi) is 3.45. The number of aryl methyl sites for hydroxylation is 1. The summed E-state index contributed by atoms with van der Waals surface area (Å²) in [7, 11) is 0. The maximum Gasteiger partial charge on any atom is 0.397 e. The van der Waals surface area contributed by atoms with Crippen LogP contribution in [0.15, 0.2) is 6.07 Å². The number of rotatable bonds is 3. The smallest absolute Gasteiger partial charge is 0.397 e. The first-order chi connectivity index (χ1) is 7.69. The number of aromatic nitrogens is 1. The lowest BCUT2D eigenvalue weighted by Gasteiger charge is -2.06. The van der Waals surface area contributed by atoms with Crippen molar-refractivity contribution in [2.75, 3.05) is 5.32 Å². The predicted molar refractivity (Wildman–Crippen MR) is 51.8 cm³/mol. The first kappa shape index (κ1) is 13.1. The first-order valence-electron chi connectivity index (χ1n) is 4.48. The van der Waals surface area contributed by atoms with Crippen LogP contribution in [0.25, 0.3) is 0 Å². The van der Waals surface area contributed by atoms with Gasteiger partial charge in [0.15, 0.2) is 0 Å². The number of carboxylic acid groups (broad SMARTS) is 1. The van der Waals surface area contributed by atoms with Gasteiger partial charge in [0.2, 0.25) is 5.91 Å². The molecule has 0 aliphatic rings. The van der Waals surface area contributed by atoms with E-state index in [1.807, 2.05) is 5.32 Å². The number of hydrogen-bond acceptors (Lipinski definition) is 2. The number of carbonyl (C=O) groups excluding carboxylic acids is 1. The van der Waals surface area contributed by atoms with E-state index in [0.29, 0.717) is 5.69 Å². The van der Waals surface area contributed by atoms with E-state index in [0.717, 1.165) is 0 Å². The van der Waals surface area contributed by atoms with Gasteiger partial charge in [-0.25, -0.2) is 4.79 Å². The van der Waals surface area contributed by atoms with Gasteiger partial charge in [-0.2, -0.15) is 13.2 Å². The molecule has 1 rings (SSSR count). The van der Waals surface area contributed by atoms with Gasteiger partial charge in [0.25, 0.3) is 0 Å². The number of anilines is 1. The highest BCUT2D eigenvalue weighted by Gasteiger charge is 2.31. The Morgan fingerprint density at radius 3 is 2.53 bits per heavy atom. The van der Waals surface area contributed by atoms with Gasteiger partial charge in [0.05, 0.1) is 5.69 Å². The van der Waals surface area contributed by atoms with Gasteiger partial charge in [-0.15, -0.1) is 0 Å². The van der Waals surface area contributed by atoms with Crippen LogP contribution in [-0.4, -0.2) is 28.1 Å². The molecule has 0 saturated carbocycles. The molecule has 0 bridgehead atoms. The van der Waals surface area contributed by atoms with Crippen LogP contribution in [0, 0.1) is 6.92 Å². The van der Waals surface area contributed by atoms with Crippen LogP contribution in [-0.2, 0) is 4.79 Å². The number of halogens is 3. The molecule has 1 amide bonds. The fourth-order valence-corrected chi connectivity index (χ4v) is 1.23. The van der Waals surface area contributed by atoms with E-state index < -0.39 is 24.5 Å². The number of alkyl halides is 3. The van der Waals surface area contributed by atoms with Crippen LogP contribution >= 0.6 is 0 Å². The Morgan fingerprint density at radius 1 is 1.47 bits per heavy atom. The highest BCUT2D eigenvalue weighted by molar-refractivity contribution is 5.99. The molecule has 1 heterocycles. The van der Waals surface area contributed by atoms with Crippen molar-refractivity contribution in [3.05, 3.63) is 17.5 Å². The SMILES string of the molecule is Cc1cc(NC(=O)CC(F)(F)F)c(C(=O)O)[nH]1. The lowest BCUT2D eigenvalue weighted by Crippen LogP contribution is -2.21. The molecule has 1 aromatic rings. The summed E-state index contributed by atoms with van der Waals surface area (Å²) in [4.78, 5) is 24.1. The topological polar surface area (TPSA) is 82.2 Å². The van der Waals surface area contributed by atoms with E-state index in [2.05, 4.69) is 4.98 Å². The highest BCUT2D eigenvalue weighted by Crippen LogP contribution is 2.22. The maximum absolute atomic E-state index is 11.9. The molecule has 17 heavy (non-hydrogen) atoms. The van der Waals surface area contributed by atoms with Crippen LogP contribution in [0.3, 0.4) is 0 Å². The van der Waals surface area contributed by atoms with Gasteiger partial charge in [-0.05, 0) is 13.0 Å². The van der Waals surface area contributed by atoms with Crippen molar-refractivity contribution >= 4 is 17.6 Å². The first-order valence-corrected chi connectivity index (χ1v) is 4.48. The van der Waals surface area contributed by atoms with Crippen LogP contribution < -0.4 is 5.32 Å². The standard InChI is InChI=1S/C9H9F3N2O3/c1-4-2-5(7(13-4)8(16)17)14-6(15)3-9(10,11)12/h2,13H,3H2,1H3,(H,14,15)(H,16,17). The fourth-order valence-electron chi connectivity index (χ4n) is 1.23. The zero-order valence-corrected chi connectivity index (χ0v) is 8.68. The monoisotopic (exact) mass is 250 g/mol. The Labute approximate surface area is 93.6 Å². The maximum atomic E-state index is 11.9. The van der Waals surface area contributed by atoms with E-state index in [4.69, 9.17) is 5.11 Å². The van der Waals surface area contributed by atoms with Gasteiger partial charge < -0.3 is 15.4 Å². The number of amides is 1. The molecular weight excluding hydrogens is 241 g/mol. The van der Waals surface area contributed by atoms with E-state index in [9.17, 15) is 22.8 Å². The van der Waals surface area contributed by atoms with Crippen LogP contribution in [0.1, 0.15) is 22.6 Å². The molecule has 0 fully saturated rings. The molecule has 0 aromatic carbocycles. The van der Waals surface area contributed by atoms with Gasteiger partial charge in [0, 0.05) is 5.69 Å². The van der Waals surface area contributed by atoms with Crippen molar-refractivity contribution in [3.63, 3.8) is 0 Å². The molecule has 0 unspecified atom stereocenters. The number of aromatic amines is 1. The Balaban J connectivity index is 2.81. The summed E-state index contributed by atoms with van der Waals surface area (Å²) in [6, 6.07) is 1.25. The molecule has 5 nitrogen and oxygen atoms in total. The summed E-state index contributed by atoms with van der Waals surface area (Å²) in [6.07, 6.45) is -6.28. The average molecular weight is 250 g/mol. The Hall–Kier alpha value is -1.99. The van der Waals surface area contributed by atoms with Crippen molar-refractivity contribution in [2.24, 2.45) is 0 Å². The van der Waals surface area contributed by atoms with E-state index in [-0.39, 0.29) is 11.4 Å². The lowest BCUT2D eigenvalue weighted by molar-refractivity contribution is -0.150. The third-order valence-electron chi connectivity index (χ3n) is 1.80. The van der Waals surface area contributed by atoms with Gasteiger partial charge in [-0.1, -0.05) is 0 Å². The summed E-state index contributed by atoms with van der Waals surface area (Å²) >= 11 is 0. The summed E-state index contributed by atoms with van der Waals surface area (Å²) < 4.78 is 35.7. The zero-order chi connectivity index (χ0) is 13.2. The summed E-state index contributed by atoms with van der Waals surface area (Å²) in [5, 5.41) is 10.6. The number of nitrogens with one attached hydrogen (secondary N) is 2.